The quantitative estimate of drug-likeness (QED) is 0.415. The number of nitro groups is 1. The van der Waals surface area contributed by atoms with Gasteiger partial charge in [-0.25, -0.2) is 4.79 Å². The first-order chi connectivity index (χ1) is 16.1. The van der Waals surface area contributed by atoms with Crippen LogP contribution in [0.4, 0.5) is 10.5 Å². The van der Waals surface area contributed by atoms with Crippen molar-refractivity contribution in [2.75, 3.05) is 18.2 Å². The van der Waals surface area contributed by atoms with Crippen LogP contribution in [-0.4, -0.2) is 57.7 Å². The van der Waals surface area contributed by atoms with Gasteiger partial charge < -0.3 is 20.3 Å². The number of rotatable bonds is 8. The summed E-state index contributed by atoms with van der Waals surface area (Å²) in [5, 5.41) is 17.2. The van der Waals surface area contributed by atoms with Gasteiger partial charge in [-0.2, -0.15) is 0 Å². The largest absolute Gasteiger partial charge is 0.444 e. The highest BCUT2D eigenvalue weighted by atomic mass is 32.2. The fraction of sp³-hybridized carbons (Fsp3) is 0.667. The van der Waals surface area contributed by atoms with Crippen LogP contribution in [0.1, 0.15) is 58.4 Å². The molecule has 1 unspecified atom stereocenters. The second kappa shape index (κ2) is 11.9. The van der Waals surface area contributed by atoms with E-state index in [2.05, 4.69) is 10.6 Å². The van der Waals surface area contributed by atoms with Crippen LogP contribution in [-0.2, 0) is 16.1 Å². The van der Waals surface area contributed by atoms with E-state index in [4.69, 9.17) is 4.74 Å². The number of alkyl carbamates (subject to hydrolysis) is 1. The average Bonchev–Trinajstić information content (AvgIpc) is 3.31. The Bertz CT molecular complexity index is 844. The van der Waals surface area contributed by atoms with Crippen molar-refractivity contribution in [1.29, 1.82) is 0 Å². The minimum Gasteiger partial charge on any atom is -0.444 e. The third-order valence-corrected chi connectivity index (χ3v) is 7.18. The Morgan fingerprint density at radius 3 is 2.44 bits per heavy atom. The highest BCUT2D eigenvalue weighted by Crippen LogP contribution is 2.29. The molecule has 1 heterocycles. The Balaban J connectivity index is 1.49. The molecule has 3 rings (SSSR count). The SMILES string of the molecule is CC(C)(C)OC(=O)NC(CC1CCC(NCc2ccc([N+](=O)[O-])cc2)CC1)C(=O)N1CCSC1. The van der Waals surface area contributed by atoms with Crippen molar-refractivity contribution in [3.8, 4) is 0 Å². The number of non-ortho nitro benzene ring substituents is 1. The van der Waals surface area contributed by atoms with Gasteiger partial charge in [-0.1, -0.05) is 12.1 Å². The van der Waals surface area contributed by atoms with Crippen molar-refractivity contribution < 1.29 is 19.2 Å². The fourth-order valence-corrected chi connectivity index (χ4v) is 5.37. The summed E-state index contributed by atoms with van der Waals surface area (Å²) in [6.45, 7) is 6.82. The Hall–Kier alpha value is -2.33. The molecule has 188 valence electrons. The number of nitrogens with zero attached hydrogens (tertiary/aromatic N) is 2. The summed E-state index contributed by atoms with van der Waals surface area (Å²) in [6, 6.07) is 6.43. The van der Waals surface area contributed by atoms with E-state index in [1.54, 1.807) is 23.9 Å². The van der Waals surface area contributed by atoms with Gasteiger partial charge >= 0.3 is 6.09 Å². The van der Waals surface area contributed by atoms with E-state index in [0.29, 0.717) is 30.8 Å². The molecular formula is C24H36N4O5S. The zero-order chi connectivity index (χ0) is 24.7. The van der Waals surface area contributed by atoms with Gasteiger partial charge in [-0.05, 0) is 64.4 Å². The second-order valence-electron chi connectivity index (χ2n) is 10.1. The summed E-state index contributed by atoms with van der Waals surface area (Å²) in [4.78, 5) is 37.7. The first-order valence-corrected chi connectivity index (χ1v) is 13.1. The van der Waals surface area contributed by atoms with Crippen molar-refractivity contribution in [2.24, 2.45) is 5.92 Å². The number of ether oxygens (including phenoxy) is 1. The van der Waals surface area contributed by atoms with Gasteiger partial charge in [0.25, 0.3) is 5.69 Å². The van der Waals surface area contributed by atoms with Gasteiger partial charge in [0, 0.05) is 37.0 Å². The van der Waals surface area contributed by atoms with E-state index < -0.39 is 22.7 Å². The minimum atomic E-state index is -0.616. The predicted octanol–water partition coefficient (Wildman–Crippen LogP) is 4.06. The first-order valence-electron chi connectivity index (χ1n) is 11.9. The van der Waals surface area contributed by atoms with E-state index in [1.165, 1.54) is 12.1 Å². The van der Waals surface area contributed by atoms with Crippen LogP contribution >= 0.6 is 11.8 Å². The molecule has 2 amide bonds. The third-order valence-electron chi connectivity index (χ3n) is 6.21. The molecule has 2 aliphatic rings. The van der Waals surface area contributed by atoms with Gasteiger partial charge in [-0.15, -0.1) is 11.8 Å². The molecule has 10 heteroatoms. The van der Waals surface area contributed by atoms with Crippen molar-refractivity contribution >= 4 is 29.4 Å². The lowest BCUT2D eigenvalue weighted by atomic mass is 9.82. The van der Waals surface area contributed by atoms with Gasteiger partial charge in [0.2, 0.25) is 5.91 Å². The normalized spacial score (nSPS) is 21.7. The Morgan fingerprint density at radius 1 is 1.21 bits per heavy atom. The number of hydrogen-bond donors (Lipinski definition) is 2. The molecule has 2 fully saturated rings. The molecule has 1 aliphatic carbocycles. The maximum absolute atomic E-state index is 13.1. The Labute approximate surface area is 205 Å². The fourth-order valence-electron chi connectivity index (χ4n) is 4.41. The molecule has 34 heavy (non-hydrogen) atoms. The molecule has 1 aliphatic heterocycles. The first kappa shape index (κ1) is 26.3. The van der Waals surface area contributed by atoms with Crippen molar-refractivity contribution in [3.05, 3.63) is 39.9 Å². The smallest absolute Gasteiger partial charge is 0.408 e. The van der Waals surface area contributed by atoms with Crippen LogP contribution in [0, 0.1) is 16.0 Å². The molecule has 1 atom stereocenters. The van der Waals surface area contributed by atoms with Gasteiger partial charge in [-0.3, -0.25) is 14.9 Å². The zero-order valence-electron chi connectivity index (χ0n) is 20.2. The molecule has 1 aromatic carbocycles. The number of nitro benzene ring substituents is 1. The third kappa shape index (κ3) is 8.16. The molecule has 1 aromatic rings. The molecular weight excluding hydrogens is 456 g/mol. The molecule has 0 aromatic heterocycles. The van der Waals surface area contributed by atoms with Crippen LogP contribution < -0.4 is 10.6 Å². The van der Waals surface area contributed by atoms with Crippen LogP contribution in [0.25, 0.3) is 0 Å². The van der Waals surface area contributed by atoms with Crippen LogP contribution in [0.5, 0.6) is 0 Å². The monoisotopic (exact) mass is 492 g/mol. The standard InChI is InChI=1S/C24H36N4O5S/c1-24(2,3)33-23(30)26-21(22(29)27-12-13-34-16-27)14-17-4-8-19(9-5-17)25-15-18-6-10-20(11-7-18)28(31)32/h6-7,10-11,17,19,21,25H,4-5,8-9,12-16H2,1-3H3,(H,26,30). The highest BCUT2D eigenvalue weighted by Gasteiger charge is 2.33. The Morgan fingerprint density at radius 2 is 1.88 bits per heavy atom. The lowest BCUT2D eigenvalue weighted by molar-refractivity contribution is -0.384. The summed E-state index contributed by atoms with van der Waals surface area (Å²) < 4.78 is 5.41. The number of carbonyl (C=O) groups is 2. The van der Waals surface area contributed by atoms with E-state index in [-0.39, 0.29) is 11.6 Å². The van der Waals surface area contributed by atoms with E-state index in [1.807, 2.05) is 25.7 Å². The molecule has 1 saturated carbocycles. The second-order valence-corrected chi connectivity index (χ2v) is 11.2. The van der Waals surface area contributed by atoms with Crippen molar-refractivity contribution in [3.63, 3.8) is 0 Å². The van der Waals surface area contributed by atoms with Gasteiger partial charge in [0.15, 0.2) is 0 Å². The summed E-state index contributed by atoms with van der Waals surface area (Å²) >= 11 is 1.73. The van der Waals surface area contributed by atoms with E-state index in [9.17, 15) is 19.7 Å². The molecule has 9 nitrogen and oxygen atoms in total. The molecule has 0 bridgehead atoms. The summed E-state index contributed by atoms with van der Waals surface area (Å²) in [6.07, 6.45) is 4.01. The van der Waals surface area contributed by atoms with Crippen LogP contribution in [0.15, 0.2) is 24.3 Å². The maximum atomic E-state index is 13.1. The van der Waals surface area contributed by atoms with Crippen LogP contribution in [0.2, 0.25) is 0 Å². The summed E-state index contributed by atoms with van der Waals surface area (Å²) in [7, 11) is 0. The Kier molecular flexibility index (Phi) is 9.18. The number of benzene rings is 1. The topological polar surface area (TPSA) is 114 Å². The van der Waals surface area contributed by atoms with Crippen LogP contribution in [0.3, 0.4) is 0 Å². The number of hydrogen-bond acceptors (Lipinski definition) is 7. The summed E-state index contributed by atoms with van der Waals surface area (Å²) in [5.74, 6) is 1.94. The average molecular weight is 493 g/mol. The number of carbonyl (C=O) groups excluding carboxylic acids is 2. The number of nitrogens with one attached hydrogen (secondary N) is 2. The van der Waals surface area contributed by atoms with Crippen molar-refractivity contribution in [2.45, 2.75) is 77.1 Å². The molecule has 1 saturated heterocycles. The summed E-state index contributed by atoms with van der Waals surface area (Å²) in [5.41, 5.74) is 0.499. The van der Waals surface area contributed by atoms with E-state index >= 15 is 0 Å². The van der Waals surface area contributed by atoms with Gasteiger partial charge in [0.05, 0.1) is 10.8 Å². The zero-order valence-corrected chi connectivity index (χ0v) is 21.1. The maximum Gasteiger partial charge on any atom is 0.408 e. The number of amides is 2. The molecule has 0 spiro atoms. The predicted molar refractivity (Wildman–Crippen MR) is 132 cm³/mol. The van der Waals surface area contributed by atoms with Crippen molar-refractivity contribution in [1.82, 2.24) is 15.5 Å². The lowest BCUT2D eigenvalue weighted by Crippen LogP contribution is -2.50. The highest BCUT2D eigenvalue weighted by molar-refractivity contribution is 7.99. The van der Waals surface area contributed by atoms with E-state index in [0.717, 1.165) is 43.5 Å². The lowest BCUT2D eigenvalue weighted by Gasteiger charge is -2.32. The number of thioether (sulfide) groups is 1. The van der Waals surface area contributed by atoms with Gasteiger partial charge in [0.1, 0.15) is 11.6 Å². The molecule has 0 radical (unpaired) electrons. The molecule has 2 N–H and O–H groups in total. The minimum absolute atomic E-state index is 0.0192.